The second-order valence-electron chi connectivity index (χ2n) is 5.89. The molecule has 0 fully saturated rings. The van der Waals surface area contributed by atoms with E-state index in [0.29, 0.717) is 35.7 Å². The fourth-order valence-electron chi connectivity index (χ4n) is 2.52. The summed E-state index contributed by atoms with van der Waals surface area (Å²) in [5.74, 6) is 1.14. The van der Waals surface area contributed by atoms with Crippen molar-refractivity contribution in [3.63, 3.8) is 0 Å². The van der Waals surface area contributed by atoms with Crippen molar-refractivity contribution in [2.45, 2.75) is 32.6 Å². The molecule has 0 saturated carbocycles. The first kappa shape index (κ1) is 16.3. The van der Waals surface area contributed by atoms with Crippen LogP contribution in [0.15, 0.2) is 31.8 Å². The summed E-state index contributed by atoms with van der Waals surface area (Å²) in [6.45, 7) is 8.90. The normalized spacial score (nSPS) is 14.0. The molecule has 116 valence electrons. The first-order valence-electron chi connectivity index (χ1n) is 7.04. The maximum Gasteiger partial charge on any atom is 0.242 e. The second-order valence-corrected chi connectivity index (χ2v) is 8.16. The van der Waals surface area contributed by atoms with E-state index in [1.54, 1.807) is 18.2 Å². The molecule has 0 bridgehead atoms. The Labute approximate surface area is 130 Å². The molecule has 0 spiro atoms. The van der Waals surface area contributed by atoms with E-state index >= 15 is 0 Å². The van der Waals surface area contributed by atoms with Crippen LogP contribution in [-0.4, -0.2) is 15.0 Å². The first-order valence-corrected chi connectivity index (χ1v) is 9.25. The molecule has 5 nitrogen and oxygen atoms in total. The molecule has 0 unspecified atom stereocenters. The van der Waals surface area contributed by atoms with Crippen LogP contribution in [0.3, 0.4) is 0 Å². The Morgan fingerprint density at radius 3 is 2.43 bits per heavy atom. The fraction of sp³-hybridized carbons (Fsp3) is 0.571. The summed E-state index contributed by atoms with van der Waals surface area (Å²) in [4.78, 5) is 0.208. The minimum atomic E-state index is -3.56. The molecule has 0 atom stereocenters. The Morgan fingerprint density at radius 1 is 1.14 bits per heavy atom. The summed E-state index contributed by atoms with van der Waals surface area (Å²) in [6.07, 6.45) is 0. The molecule has 2 rings (SSSR count). The first-order chi connectivity index (χ1) is 9.83. The van der Waals surface area contributed by atoms with Gasteiger partial charge in [0.15, 0.2) is 0 Å². The highest BCUT2D eigenvalue weighted by atomic mass is 32.2. The van der Waals surface area contributed by atoms with Gasteiger partial charge in [-0.25, -0.2) is 13.1 Å². The van der Waals surface area contributed by atoms with Crippen molar-refractivity contribution in [2.75, 3.05) is 6.54 Å². The molecule has 1 N–H and O–H groups in total. The SMILES string of the molecule is CC(C)C(CNS(=O)(=O)c1cccc2c1N=S=N2)C(C)C. The highest BCUT2D eigenvalue weighted by molar-refractivity contribution is 7.89. The summed E-state index contributed by atoms with van der Waals surface area (Å²) in [5, 5.41) is 0. The van der Waals surface area contributed by atoms with Gasteiger partial charge in [0.25, 0.3) is 0 Å². The van der Waals surface area contributed by atoms with Gasteiger partial charge in [-0.05, 0) is 29.9 Å². The smallest absolute Gasteiger partial charge is 0.211 e. The van der Waals surface area contributed by atoms with E-state index in [1.807, 2.05) is 0 Å². The molecule has 1 aromatic carbocycles. The second kappa shape index (κ2) is 6.37. The van der Waals surface area contributed by atoms with Crippen LogP contribution in [0.25, 0.3) is 0 Å². The third-order valence-electron chi connectivity index (χ3n) is 3.76. The Morgan fingerprint density at radius 2 is 1.81 bits per heavy atom. The van der Waals surface area contributed by atoms with Crippen LogP contribution in [0.5, 0.6) is 0 Å². The molecule has 1 aromatic rings. The molecular weight excluding hydrogens is 306 g/mol. The highest BCUT2D eigenvalue weighted by Gasteiger charge is 2.25. The van der Waals surface area contributed by atoms with Crippen molar-refractivity contribution in [2.24, 2.45) is 26.5 Å². The van der Waals surface area contributed by atoms with Crippen LogP contribution in [0.1, 0.15) is 27.7 Å². The molecule has 0 amide bonds. The van der Waals surface area contributed by atoms with Gasteiger partial charge in [0, 0.05) is 6.54 Å². The number of fused-ring (bicyclic) bond motifs is 1. The third-order valence-corrected chi connectivity index (χ3v) is 5.76. The van der Waals surface area contributed by atoms with Crippen LogP contribution in [0.4, 0.5) is 11.4 Å². The van der Waals surface area contributed by atoms with Gasteiger partial charge >= 0.3 is 0 Å². The summed E-state index contributed by atoms with van der Waals surface area (Å²) in [5.41, 5.74) is 1.06. The predicted octanol–water partition coefficient (Wildman–Crippen LogP) is 3.62. The molecule has 7 heteroatoms. The van der Waals surface area contributed by atoms with Crippen molar-refractivity contribution in [3.05, 3.63) is 18.2 Å². The van der Waals surface area contributed by atoms with E-state index in [-0.39, 0.29) is 4.90 Å². The summed E-state index contributed by atoms with van der Waals surface area (Å²) >= 11 is 1.03. The van der Waals surface area contributed by atoms with Gasteiger partial charge in [-0.1, -0.05) is 33.8 Å². The van der Waals surface area contributed by atoms with E-state index in [4.69, 9.17) is 0 Å². The van der Waals surface area contributed by atoms with Crippen LogP contribution >= 0.6 is 0 Å². The van der Waals surface area contributed by atoms with Crippen LogP contribution in [-0.2, 0) is 21.4 Å². The lowest BCUT2D eigenvalue weighted by Gasteiger charge is -2.25. The van der Waals surface area contributed by atoms with E-state index in [9.17, 15) is 8.42 Å². The highest BCUT2D eigenvalue weighted by Crippen LogP contribution is 2.37. The zero-order chi connectivity index (χ0) is 15.6. The number of benzene rings is 1. The number of hydrogen-bond acceptors (Lipinski definition) is 4. The zero-order valence-corrected chi connectivity index (χ0v) is 14.3. The monoisotopic (exact) mass is 327 g/mol. The molecule has 0 aromatic heterocycles. The molecule has 0 radical (unpaired) electrons. The van der Waals surface area contributed by atoms with E-state index in [2.05, 4.69) is 41.1 Å². The van der Waals surface area contributed by atoms with Crippen molar-refractivity contribution >= 4 is 32.8 Å². The van der Waals surface area contributed by atoms with Crippen molar-refractivity contribution in [1.82, 2.24) is 4.72 Å². The number of sulfonamides is 1. The summed E-state index contributed by atoms with van der Waals surface area (Å²) in [7, 11) is -3.56. The van der Waals surface area contributed by atoms with Crippen molar-refractivity contribution < 1.29 is 8.42 Å². The molecule has 0 aliphatic carbocycles. The predicted molar refractivity (Wildman–Crippen MR) is 86.3 cm³/mol. The van der Waals surface area contributed by atoms with Crippen LogP contribution in [0.2, 0.25) is 0 Å². The van der Waals surface area contributed by atoms with Crippen LogP contribution in [0, 0.1) is 17.8 Å². The molecule has 1 aliphatic rings. The Kier molecular flexibility index (Phi) is 4.95. The fourth-order valence-corrected chi connectivity index (χ4v) is 4.36. The van der Waals surface area contributed by atoms with Gasteiger partial charge < -0.3 is 0 Å². The van der Waals surface area contributed by atoms with Gasteiger partial charge in [0.05, 0.1) is 11.4 Å². The van der Waals surface area contributed by atoms with Gasteiger partial charge in [-0.15, -0.1) is 0 Å². The van der Waals surface area contributed by atoms with Crippen molar-refractivity contribution in [1.29, 1.82) is 0 Å². The lowest BCUT2D eigenvalue weighted by atomic mass is 9.86. The average molecular weight is 327 g/mol. The number of nitrogens with one attached hydrogen (secondary N) is 1. The molecule has 1 heterocycles. The Hall–Kier alpha value is -1.05. The molecule has 1 aliphatic heterocycles. The standard InChI is InChI=1S/C14H21N3O2S2/c1-9(2)11(10(3)4)8-15-21(18,19)13-7-5-6-12-14(13)17-20-16-12/h5-7,9-11,15H,8H2,1-4H3. The summed E-state index contributed by atoms with van der Waals surface area (Å²) in [6, 6.07) is 5.04. The van der Waals surface area contributed by atoms with Gasteiger partial charge in [-0.3, -0.25) is 0 Å². The molecule has 0 saturated heterocycles. The maximum atomic E-state index is 12.5. The minimum absolute atomic E-state index is 0.208. The van der Waals surface area contributed by atoms with Crippen LogP contribution < -0.4 is 4.72 Å². The third kappa shape index (κ3) is 3.59. The topological polar surface area (TPSA) is 70.9 Å². The zero-order valence-electron chi connectivity index (χ0n) is 12.7. The van der Waals surface area contributed by atoms with E-state index < -0.39 is 10.0 Å². The number of hydrogen-bond donors (Lipinski definition) is 1. The maximum absolute atomic E-state index is 12.5. The average Bonchev–Trinajstić information content (AvgIpc) is 2.85. The lowest BCUT2D eigenvalue weighted by Crippen LogP contribution is -2.34. The Bertz CT molecular complexity index is 682. The van der Waals surface area contributed by atoms with Gasteiger partial charge in [-0.2, -0.15) is 8.73 Å². The Balaban J connectivity index is 2.21. The lowest BCUT2D eigenvalue weighted by molar-refractivity contribution is 0.289. The van der Waals surface area contributed by atoms with E-state index in [0.717, 1.165) is 11.4 Å². The molecule has 21 heavy (non-hydrogen) atoms. The van der Waals surface area contributed by atoms with E-state index in [1.165, 1.54) is 0 Å². The number of rotatable bonds is 6. The quantitative estimate of drug-likeness (QED) is 0.880. The van der Waals surface area contributed by atoms with Gasteiger partial charge in [0.1, 0.15) is 16.3 Å². The summed E-state index contributed by atoms with van der Waals surface area (Å²) < 4.78 is 35.9. The van der Waals surface area contributed by atoms with Gasteiger partial charge in [0.2, 0.25) is 10.0 Å². The largest absolute Gasteiger partial charge is 0.242 e. The minimum Gasteiger partial charge on any atom is -0.211 e. The van der Waals surface area contributed by atoms with Crippen molar-refractivity contribution in [3.8, 4) is 0 Å². The molecular formula is C14H21N3O2S2. The number of nitrogens with zero attached hydrogens (tertiary/aromatic N) is 2.